The van der Waals surface area contributed by atoms with Gasteiger partial charge in [0.15, 0.2) is 5.82 Å². The van der Waals surface area contributed by atoms with Gasteiger partial charge >= 0.3 is 6.03 Å². The highest BCUT2D eigenvalue weighted by molar-refractivity contribution is 6.31. The van der Waals surface area contributed by atoms with Crippen LogP contribution in [-0.2, 0) is 0 Å². The van der Waals surface area contributed by atoms with E-state index >= 15 is 0 Å². The van der Waals surface area contributed by atoms with Crippen molar-refractivity contribution in [3.63, 3.8) is 0 Å². The molecule has 7 nitrogen and oxygen atoms in total. The minimum atomic E-state index is -0.214. The smallest absolute Gasteiger partial charge is 0.323 e. The van der Waals surface area contributed by atoms with E-state index in [1.165, 1.54) is 12.8 Å². The largest absolute Gasteiger partial charge is 0.478 e. The molecule has 8 heteroatoms. The lowest BCUT2D eigenvalue weighted by Gasteiger charge is -2.36. The van der Waals surface area contributed by atoms with E-state index in [1.807, 2.05) is 18.2 Å². The Labute approximate surface area is 167 Å². The first kappa shape index (κ1) is 18.3. The second kappa shape index (κ2) is 7.90. The summed E-state index contributed by atoms with van der Waals surface area (Å²) in [5.41, 5.74) is 2.41. The fraction of sp³-hybridized carbons (Fsp3) is 0.250. The van der Waals surface area contributed by atoms with E-state index in [9.17, 15) is 4.79 Å². The number of anilines is 2. The molecular formula is C20H20ClN5O2. The molecule has 2 amide bonds. The van der Waals surface area contributed by atoms with Crippen LogP contribution in [0, 0.1) is 0 Å². The Morgan fingerprint density at radius 2 is 1.79 bits per heavy atom. The zero-order valence-corrected chi connectivity index (χ0v) is 16.2. The maximum Gasteiger partial charge on any atom is 0.323 e. The maximum atomic E-state index is 12.7. The molecule has 1 aliphatic rings. The third kappa shape index (κ3) is 3.80. The Bertz CT molecular complexity index is 991. The Hall–Kier alpha value is -3.06. The van der Waals surface area contributed by atoms with Crippen molar-refractivity contribution in [3.05, 3.63) is 53.6 Å². The van der Waals surface area contributed by atoms with E-state index in [4.69, 9.17) is 16.3 Å². The van der Waals surface area contributed by atoms with Gasteiger partial charge in [-0.15, -0.1) is 0 Å². The molecule has 0 spiro atoms. The minimum Gasteiger partial charge on any atom is -0.478 e. The summed E-state index contributed by atoms with van der Waals surface area (Å²) in [4.78, 5) is 25.6. The zero-order chi connectivity index (χ0) is 19.5. The number of urea groups is 1. The van der Waals surface area contributed by atoms with E-state index in [0.717, 1.165) is 13.1 Å². The summed E-state index contributed by atoms with van der Waals surface area (Å²) in [5, 5.41) is 3.40. The van der Waals surface area contributed by atoms with Crippen LogP contribution in [0.25, 0.3) is 11.0 Å². The number of halogens is 1. The average molecular weight is 398 g/mol. The van der Waals surface area contributed by atoms with E-state index in [0.29, 0.717) is 35.0 Å². The average Bonchev–Trinajstić information content (AvgIpc) is 2.74. The summed E-state index contributed by atoms with van der Waals surface area (Å²) in [7, 11) is 1.49. The van der Waals surface area contributed by atoms with Crippen molar-refractivity contribution in [2.24, 2.45) is 0 Å². The van der Waals surface area contributed by atoms with Gasteiger partial charge in [-0.25, -0.2) is 14.8 Å². The Kier molecular flexibility index (Phi) is 5.16. The molecule has 1 fully saturated rings. The number of hydrogen-bond donors (Lipinski definition) is 1. The summed E-state index contributed by atoms with van der Waals surface area (Å²) in [6, 6.07) is 15.2. The van der Waals surface area contributed by atoms with Crippen LogP contribution in [-0.4, -0.2) is 54.2 Å². The number of carbonyl (C=O) groups is 1. The fourth-order valence-electron chi connectivity index (χ4n) is 3.22. The van der Waals surface area contributed by atoms with E-state index in [1.54, 1.807) is 23.1 Å². The normalized spacial score (nSPS) is 14.2. The van der Waals surface area contributed by atoms with Gasteiger partial charge in [0.1, 0.15) is 0 Å². The molecule has 1 aliphatic heterocycles. The van der Waals surface area contributed by atoms with Crippen LogP contribution in [0.5, 0.6) is 5.88 Å². The van der Waals surface area contributed by atoms with Crippen LogP contribution in [0.15, 0.2) is 48.5 Å². The molecule has 2 heterocycles. The molecule has 0 aliphatic carbocycles. The molecule has 0 saturated carbocycles. The summed E-state index contributed by atoms with van der Waals surface area (Å²) in [6.07, 6.45) is 0. The van der Waals surface area contributed by atoms with Crippen LogP contribution < -0.4 is 15.0 Å². The highest BCUT2D eigenvalue weighted by Gasteiger charge is 2.23. The SMILES string of the molecule is COc1nc2cc(Cl)ccc2nc1NC(=O)N1CCN(c2ccccc2)CC1. The standard InChI is InChI=1S/C20H20ClN5O2/c1-28-19-18(22-16-8-7-14(21)13-17(16)23-19)24-20(27)26-11-9-25(10-12-26)15-5-3-2-4-6-15/h2-8,13H,9-12H2,1H3,(H,22,24,27). The number of aromatic nitrogens is 2. The number of carbonyl (C=O) groups excluding carboxylic acids is 1. The zero-order valence-electron chi connectivity index (χ0n) is 15.4. The van der Waals surface area contributed by atoms with Gasteiger partial charge < -0.3 is 14.5 Å². The molecule has 1 aromatic heterocycles. The lowest BCUT2D eigenvalue weighted by Crippen LogP contribution is -2.50. The van der Waals surface area contributed by atoms with Crippen LogP contribution in [0.2, 0.25) is 5.02 Å². The molecule has 3 aromatic rings. The van der Waals surface area contributed by atoms with Crippen molar-refractivity contribution in [2.45, 2.75) is 0 Å². The van der Waals surface area contributed by atoms with Gasteiger partial charge in [-0.05, 0) is 30.3 Å². The highest BCUT2D eigenvalue weighted by Crippen LogP contribution is 2.25. The van der Waals surface area contributed by atoms with Crippen molar-refractivity contribution in [1.29, 1.82) is 0 Å². The fourth-order valence-corrected chi connectivity index (χ4v) is 3.39. The molecule has 0 radical (unpaired) electrons. The first-order chi connectivity index (χ1) is 13.6. The lowest BCUT2D eigenvalue weighted by atomic mass is 10.2. The molecule has 4 rings (SSSR count). The Morgan fingerprint density at radius 1 is 1.04 bits per heavy atom. The number of nitrogens with zero attached hydrogens (tertiary/aromatic N) is 4. The third-order valence-corrected chi connectivity index (χ3v) is 4.94. The molecule has 0 bridgehead atoms. The molecule has 2 aromatic carbocycles. The predicted molar refractivity (Wildman–Crippen MR) is 110 cm³/mol. The summed E-state index contributed by atoms with van der Waals surface area (Å²) >= 11 is 6.01. The molecular weight excluding hydrogens is 378 g/mol. The van der Waals surface area contributed by atoms with Crippen LogP contribution in [0.1, 0.15) is 0 Å². The number of para-hydroxylation sites is 1. The summed E-state index contributed by atoms with van der Waals surface area (Å²) < 4.78 is 5.30. The molecule has 1 saturated heterocycles. The highest BCUT2D eigenvalue weighted by atomic mass is 35.5. The summed E-state index contributed by atoms with van der Waals surface area (Å²) in [5.74, 6) is 0.554. The van der Waals surface area contributed by atoms with E-state index < -0.39 is 0 Å². The van der Waals surface area contributed by atoms with Gasteiger partial charge in [0.25, 0.3) is 5.88 Å². The molecule has 0 unspecified atom stereocenters. The number of methoxy groups -OCH3 is 1. The van der Waals surface area contributed by atoms with E-state index in [2.05, 4.69) is 32.3 Å². The quantitative estimate of drug-likeness (QED) is 0.730. The minimum absolute atomic E-state index is 0.214. The second-order valence-corrected chi connectivity index (χ2v) is 6.89. The van der Waals surface area contributed by atoms with Gasteiger partial charge in [0, 0.05) is 36.9 Å². The Balaban J connectivity index is 1.46. The lowest BCUT2D eigenvalue weighted by molar-refractivity contribution is 0.208. The third-order valence-electron chi connectivity index (χ3n) is 4.70. The molecule has 144 valence electrons. The molecule has 1 N–H and O–H groups in total. The first-order valence-electron chi connectivity index (χ1n) is 9.01. The van der Waals surface area contributed by atoms with Crippen LogP contribution >= 0.6 is 11.6 Å². The number of fused-ring (bicyclic) bond motifs is 1. The molecule has 0 atom stereocenters. The predicted octanol–water partition coefficient (Wildman–Crippen LogP) is 3.65. The van der Waals surface area contributed by atoms with E-state index in [-0.39, 0.29) is 11.9 Å². The van der Waals surface area contributed by atoms with Crippen molar-refractivity contribution in [3.8, 4) is 5.88 Å². The monoisotopic (exact) mass is 397 g/mol. The van der Waals surface area contributed by atoms with Gasteiger partial charge in [-0.3, -0.25) is 5.32 Å². The van der Waals surface area contributed by atoms with Gasteiger partial charge in [0.2, 0.25) is 0 Å². The van der Waals surface area contributed by atoms with Crippen LogP contribution in [0.4, 0.5) is 16.3 Å². The van der Waals surface area contributed by atoms with Gasteiger partial charge in [0.05, 0.1) is 18.1 Å². The number of benzene rings is 2. The number of rotatable bonds is 3. The number of nitrogens with one attached hydrogen (secondary N) is 1. The number of piperazine rings is 1. The van der Waals surface area contributed by atoms with Crippen molar-refractivity contribution in [1.82, 2.24) is 14.9 Å². The first-order valence-corrected chi connectivity index (χ1v) is 9.39. The second-order valence-electron chi connectivity index (χ2n) is 6.45. The van der Waals surface area contributed by atoms with Gasteiger partial charge in [-0.1, -0.05) is 29.8 Å². The number of amides is 2. The van der Waals surface area contributed by atoms with Crippen LogP contribution in [0.3, 0.4) is 0 Å². The number of hydrogen-bond acceptors (Lipinski definition) is 5. The van der Waals surface area contributed by atoms with Gasteiger partial charge in [-0.2, -0.15) is 0 Å². The Morgan fingerprint density at radius 3 is 2.50 bits per heavy atom. The van der Waals surface area contributed by atoms with Crippen molar-refractivity contribution < 1.29 is 9.53 Å². The topological polar surface area (TPSA) is 70.6 Å². The molecule has 28 heavy (non-hydrogen) atoms. The summed E-state index contributed by atoms with van der Waals surface area (Å²) in [6.45, 7) is 2.80. The van der Waals surface area contributed by atoms with Crippen molar-refractivity contribution in [2.75, 3.05) is 43.5 Å². The van der Waals surface area contributed by atoms with Crippen molar-refractivity contribution >= 4 is 40.2 Å². The number of ether oxygens (including phenoxy) is 1. The maximum absolute atomic E-state index is 12.7.